The average Bonchev–Trinajstić information content (AvgIpc) is 2.28. The number of alkyl carbamates (subject to hydrolysis) is 1. The van der Waals surface area contributed by atoms with Gasteiger partial charge >= 0.3 is 6.09 Å². The van der Waals surface area contributed by atoms with Crippen molar-refractivity contribution in [3.05, 3.63) is 0 Å². The SMILES string of the molecule is COC(=O)NC1CC(C(C)C)CN(C(C)=O)C1. The first-order valence-electron chi connectivity index (χ1n) is 6.04. The van der Waals surface area contributed by atoms with E-state index in [1.54, 1.807) is 11.8 Å². The van der Waals surface area contributed by atoms with Crippen LogP contribution < -0.4 is 5.32 Å². The van der Waals surface area contributed by atoms with Gasteiger partial charge in [-0.25, -0.2) is 4.79 Å². The fourth-order valence-electron chi connectivity index (χ4n) is 2.21. The van der Waals surface area contributed by atoms with Gasteiger partial charge in [-0.1, -0.05) is 13.8 Å². The van der Waals surface area contributed by atoms with Gasteiger partial charge in [0.2, 0.25) is 5.91 Å². The zero-order chi connectivity index (χ0) is 13.0. The van der Waals surface area contributed by atoms with E-state index >= 15 is 0 Å². The van der Waals surface area contributed by atoms with Crippen molar-refractivity contribution in [3.63, 3.8) is 0 Å². The third kappa shape index (κ3) is 3.91. The van der Waals surface area contributed by atoms with Crippen molar-refractivity contribution in [1.82, 2.24) is 10.2 Å². The Bertz CT molecular complexity index is 291. The standard InChI is InChI=1S/C12H22N2O3/c1-8(2)10-5-11(13-12(16)17-4)7-14(6-10)9(3)15/h8,10-11H,5-7H2,1-4H3,(H,13,16). The van der Waals surface area contributed by atoms with Gasteiger partial charge in [0.15, 0.2) is 0 Å². The number of nitrogens with one attached hydrogen (secondary N) is 1. The maximum absolute atomic E-state index is 11.4. The molecule has 1 N–H and O–H groups in total. The molecule has 17 heavy (non-hydrogen) atoms. The number of rotatable bonds is 2. The lowest BCUT2D eigenvalue weighted by molar-refractivity contribution is -0.131. The quantitative estimate of drug-likeness (QED) is 0.792. The number of nitrogens with zero attached hydrogens (tertiary/aromatic N) is 1. The normalized spacial score (nSPS) is 24.6. The maximum Gasteiger partial charge on any atom is 0.407 e. The Kier molecular flexibility index (Phi) is 4.78. The minimum absolute atomic E-state index is 0.00694. The van der Waals surface area contributed by atoms with Crippen molar-refractivity contribution >= 4 is 12.0 Å². The number of likely N-dealkylation sites (tertiary alicyclic amines) is 1. The first-order valence-corrected chi connectivity index (χ1v) is 6.04. The molecule has 1 saturated heterocycles. The third-order valence-electron chi connectivity index (χ3n) is 3.38. The molecule has 2 amide bonds. The number of amides is 2. The Morgan fingerprint density at radius 3 is 2.47 bits per heavy atom. The first kappa shape index (κ1) is 13.8. The van der Waals surface area contributed by atoms with E-state index in [4.69, 9.17) is 0 Å². The van der Waals surface area contributed by atoms with Crippen molar-refractivity contribution in [2.45, 2.75) is 33.2 Å². The molecule has 98 valence electrons. The van der Waals surface area contributed by atoms with Gasteiger partial charge in [0, 0.05) is 20.0 Å². The van der Waals surface area contributed by atoms with E-state index in [2.05, 4.69) is 23.9 Å². The molecule has 2 unspecified atom stereocenters. The first-order chi connectivity index (χ1) is 7.93. The largest absolute Gasteiger partial charge is 0.453 e. The van der Waals surface area contributed by atoms with Crippen LogP contribution in [-0.2, 0) is 9.53 Å². The van der Waals surface area contributed by atoms with E-state index in [9.17, 15) is 9.59 Å². The van der Waals surface area contributed by atoms with Crippen LogP contribution in [0.25, 0.3) is 0 Å². The number of methoxy groups -OCH3 is 1. The minimum Gasteiger partial charge on any atom is -0.453 e. The lowest BCUT2D eigenvalue weighted by atomic mass is 9.85. The van der Waals surface area contributed by atoms with Gasteiger partial charge in [-0.05, 0) is 18.3 Å². The number of ether oxygens (including phenoxy) is 1. The van der Waals surface area contributed by atoms with E-state index in [0.29, 0.717) is 18.4 Å². The highest BCUT2D eigenvalue weighted by Gasteiger charge is 2.31. The molecule has 1 aliphatic rings. The van der Waals surface area contributed by atoms with Crippen LogP contribution in [0.5, 0.6) is 0 Å². The summed E-state index contributed by atoms with van der Waals surface area (Å²) in [5, 5.41) is 2.78. The molecule has 0 spiro atoms. The van der Waals surface area contributed by atoms with Gasteiger partial charge in [0.25, 0.3) is 0 Å². The highest BCUT2D eigenvalue weighted by molar-refractivity contribution is 5.73. The van der Waals surface area contributed by atoms with Crippen LogP contribution in [0.15, 0.2) is 0 Å². The van der Waals surface area contributed by atoms with Crippen LogP contribution in [0.4, 0.5) is 4.79 Å². The summed E-state index contributed by atoms with van der Waals surface area (Å²) in [5.41, 5.74) is 0. The van der Waals surface area contributed by atoms with Crippen molar-refractivity contribution in [2.24, 2.45) is 11.8 Å². The summed E-state index contributed by atoms with van der Waals surface area (Å²) in [5.74, 6) is 0.987. The molecule has 0 bridgehead atoms. The molecule has 1 heterocycles. The second-order valence-electron chi connectivity index (χ2n) is 5.00. The van der Waals surface area contributed by atoms with E-state index in [1.165, 1.54) is 7.11 Å². The summed E-state index contributed by atoms with van der Waals surface area (Å²) >= 11 is 0. The van der Waals surface area contributed by atoms with Crippen LogP contribution in [0.1, 0.15) is 27.2 Å². The summed E-state index contributed by atoms with van der Waals surface area (Å²) in [6.45, 7) is 7.21. The van der Waals surface area contributed by atoms with Crippen LogP contribution in [0.2, 0.25) is 0 Å². The molecule has 5 heteroatoms. The number of carbonyl (C=O) groups excluding carboxylic acids is 2. The highest BCUT2D eigenvalue weighted by Crippen LogP contribution is 2.24. The molecular formula is C12H22N2O3. The van der Waals surface area contributed by atoms with Crippen LogP contribution in [0, 0.1) is 11.8 Å². The summed E-state index contributed by atoms with van der Waals surface area (Å²) in [7, 11) is 1.35. The van der Waals surface area contributed by atoms with Gasteiger partial charge < -0.3 is 15.0 Å². The number of hydrogen-bond acceptors (Lipinski definition) is 3. The number of piperidine rings is 1. The summed E-state index contributed by atoms with van der Waals surface area (Å²) < 4.78 is 4.59. The lowest BCUT2D eigenvalue weighted by Crippen LogP contribution is -2.53. The fourth-order valence-corrected chi connectivity index (χ4v) is 2.21. The van der Waals surface area contributed by atoms with Gasteiger partial charge in [0.1, 0.15) is 0 Å². The van der Waals surface area contributed by atoms with Gasteiger partial charge in [-0.15, -0.1) is 0 Å². The molecule has 0 aromatic carbocycles. The zero-order valence-corrected chi connectivity index (χ0v) is 11.0. The van der Waals surface area contributed by atoms with Crippen LogP contribution in [0.3, 0.4) is 0 Å². The topological polar surface area (TPSA) is 58.6 Å². The number of carbonyl (C=O) groups is 2. The predicted octanol–water partition coefficient (Wildman–Crippen LogP) is 1.24. The van der Waals surface area contributed by atoms with Crippen molar-refractivity contribution < 1.29 is 14.3 Å². The smallest absolute Gasteiger partial charge is 0.407 e. The molecular weight excluding hydrogens is 220 g/mol. The second-order valence-corrected chi connectivity index (χ2v) is 5.00. The van der Waals surface area contributed by atoms with Gasteiger partial charge in [0.05, 0.1) is 13.2 Å². The van der Waals surface area contributed by atoms with E-state index in [1.807, 2.05) is 0 Å². The molecule has 1 fully saturated rings. The molecule has 0 radical (unpaired) electrons. The van der Waals surface area contributed by atoms with E-state index in [0.717, 1.165) is 13.0 Å². The Labute approximate surface area is 102 Å². The molecule has 0 aliphatic carbocycles. The average molecular weight is 242 g/mol. The molecule has 5 nitrogen and oxygen atoms in total. The minimum atomic E-state index is -0.428. The Morgan fingerprint density at radius 2 is 2.00 bits per heavy atom. The molecule has 1 rings (SSSR count). The fraction of sp³-hybridized carbons (Fsp3) is 0.833. The Hall–Kier alpha value is -1.26. The third-order valence-corrected chi connectivity index (χ3v) is 3.38. The highest BCUT2D eigenvalue weighted by atomic mass is 16.5. The maximum atomic E-state index is 11.4. The predicted molar refractivity (Wildman–Crippen MR) is 64.5 cm³/mol. The summed E-state index contributed by atoms with van der Waals surface area (Å²) in [6, 6.07) is -0.00694. The summed E-state index contributed by atoms with van der Waals surface area (Å²) in [4.78, 5) is 24.4. The van der Waals surface area contributed by atoms with Crippen molar-refractivity contribution in [3.8, 4) is 0 Å². The van der Waals surface area contributed by atoms with Gasteiger partial charge in [-0.2, -0.15) is 0 Å². The number of hydrogen-bond donors (Lipinski definition) is 1. The molecule has 0 aromatic heterocycles. The van der Waals surface area contributed by atoms with Crippen LogP contribution >= 0.6 is 0 Å². The Balaban J connectivity index is 2.64. The van der Waals surface area contributed by atoms with E-state index < -0.39 is 6.09 Å². The summed E-state index contributed by atoms with van der Waals surface area (Å²) in [6.07, 6.45) is 0.471. The van der Waals surface area contributed by atoms with Crippen molar-refractivity contribution in [1.29, 1.82) is 0 Å². The monoisotopic (exact) mass is 242 g/mol. The van der Waals surface area contributed by atoms with Gasteiger partial charge in [-0.3, -0.25) is 4.79 Å². The molecule has 0 aromatic rings. The molecule has 1 aliphatic heterocycles. The van der Waals surface area contributed by atoms with E-state index in [-0.39, 0.29) is 11.9 Å². The lowest BCUT2D eigenvalue weighted by Gasteiger charge is -2.39. The molecule has 0 saturated carbocycles. The van der Waals surface area contributed by atoms with Crippen molar-refractivity contribution in [2.75, 3.05) is 20.2 Å². The Morgan fingerprint density at radius 1 is 1.35 bits per heavy atom. The molecule has 2 atom stereocenters. The van der Waals surface area contributed by atoms with Crippen LogP contribution in [-0.4, -0.2) is 43.1 Å². The second kappa shape index (κ2) is 5.89. The zero-order valence-electron chi connectivity index (χ0n) is 11.0.